The topological polar surface area (TPSA) is 62.8 Å². The number of para-hydroxylation sites is 1. The maximum atomic E-state index is 5.83. The first kappa shape index (κ1) is 15.2. The highest BCUT2D eigenvalue weighted by molar-refractivity contribution is 5.86. The zero-order valence-corrected chi connectivity index (χ0v) is 13.8. The van der Waals surface area contributed by atoms with E-state index in [9.17, 15) is 0 Å². The number of aromatic amines is 1. The molecule has 5 heteroatoms. The van der Waals surface area contributed by atoms with Gasteiger partial charge in [-0.1, -0.05) is 30.3 Å². The molecule has 2 N–H and O–H groups in total. The second kappa shape index (κ2) is 6.65. The average molecular weight is 330 g/mol. The summed E-state index contributed by atoms with van der Waals surface area (Å²) >= 11 is 0. The van der Waals surface area contributed by atoms with Gasteiger partial charge in [0.15, 0.2) is 0 Å². The standard InChI is InChI=1S/C20H18N4O/c1-14(24-20-18-11-12-21-19(18)22-13-23-20)15-7-9-17(10-8-15)25-16-5-3-2-4-6-16/h2-14H,1H3,(H2,21,22,23,24). The molecule has 1 unspecified atom stereocenters. The summed E-state index contributed by atoms with van der Waals surface area (Å²) in [4.78, 5) is 11.7. The van der Waals surface area contributed by atoms with E-state index in [4.69, 9.17) is 4.74 Å². The number of nitrogens with zero attached hydrogens (tertiary/aromatic N) is 2. The molecule has 0 saturated carbocycles. The summed E-state index contributed by atoms with van der Waals surface area (Å²) in [5, 5.41) is 4.43. The summed E-state index contributed by atoms with van der Waals surface area (Å²) in [6, 6.07) is 19.9. The predicted octanol–water partition coefficient (Wildman–Crippen LogP) is 4.92. The Kier molecular flexibility index (Phi) is 4.04. The summed E-state index contributed by atoms with van der Waals surface area (Å²) in [6.45, 7) is 2.10. The van der Waals surface area contributed by atoms with Gasteiger partial charge in [0.2, 0.25) is 0 Å². The molecule has 0 radical (unpaired) electrons. The zero-order chi connectivity index (χ0) is 17.1. The van der Waals surface area contributed by atoms with Gasteiger partial charge < -0.3 is 15.0 Å². The van der Waals surface area contributed by atoms with Gasteiger partial charge in [0.25, 0.3) is 0 Å². The molecule has 0 bridgehead atoms. The van der Waals surface area contributed by atoms with Gasteiger partial charge in [0, 0.05) is 12.2 Å². The van der Waals surface area contributed by atoms with Gasteiger partial charge in [-0.15, -0.1) is 0 Å². The SMILES string of the molecule is CC(Nc1ncnc2[nH]ccc12)c1ccc(Oc2ccccc2)cc1. The minimum Gasteiger partial charge on any atom is -0.457 e. The average Bonchev–Trinajstić information content (AvgIpc) is 3.13. The monoisotopic (exact) mass is 330 g/mol. The van der Waals surface area contributed by atoms with Gasteiger partial charge in [0.05, 0.1) is 5.39 Å². The summed E-state index contributed by atoms with van der Waals surface area (Å²) in [5.41, 5.74) is 1.99. The van der Waals surface area contributed by atoms with Gasteiger partial charge in [-0.2, -0.15) is 0 Å². The van der Waals surface area contributed by atoms with Crippen LogP contribution in [0.4, 0.5) is 5.82 Å². The molecule has 0 aliphatic rings. The highest BCUT2D eigenvalue weighted by atomic mass is 16.5. The lowest BCUT2D eigenvalue weighted by molar-refractivity contribution is 0.482. The van der Waals surface area contributed by atoms with Crippen molar-refractivity contribution in [3.05, 3.63) is 78.8 Å². The Labute approximate surface area is 145 Å². The van der Waals surface area contributed by atoms with Gasteiger partial charge in [-0.25, -0.2) is 9.97 Å². The minimum absolute atomic E-state index is 0.110. The number of fused-ring (bicyclic) bond motifs is 1. The van der Waals surface area contributed by atoms with Crippen LogP contribution >= 0.6 is 0 Å². The third kappa shape index (κ3) is 3.30. The molecule has 1 atom stereocenters. The normalized spacial score (nSPS) is 12.0. The number of anilines is 1. The quantitative estimate of drug-likeness (QED) is 0.545. The fourth-order valence-corrected chi connectivity index (χ4v) is 2.72. The number of hydrogen-bond donors (Lipinski definition) is 2. The molecule has 0 aliphatic heterocycles. The number of rotatable bonds is 5. The van der Waals surface area contributed by atoms with E-state index < -0.39 is 0 Å². The van der Waals surface area contributed by atoms with Crippen LogP contribution in [-0.2, 0) is 0 Å². The third-order valence-electron chi connectivity index (χ3n) is 4.07. The Morgan fingerprint density at radius 3 is 2.48 bits per heavy atom. The summed E-state index contributed by atoms with van der Waals surface area (Å²) < 4.78 is 5.83. The Balaban J connectivity index is 1.49. The summed E-state index contributed by atoms with van der Waals surface area (Å²) in [5.74, 6) is 2.47. The number of H-pyrrole nitrogens is 1. The molecule has 124 valence electrons. The van der Waals surface area contributed by atoms with Crippen LogP contribution in [-0.4, -0.2) is 15.0 Å². The van der Waals surface area contributed by atoms with Crippen LogP contribution in [0.2, 0.25) is 0 Å². The van der Waals surface area contributed by atoms with Gasteiger partial charge in [0.1, 0.15) is 29.3 Å². The highest BCUT2D eigenvalue weighted by Gasteiger charge is 2.10. The van der Waals surface area contributed by atoms with Crippen molar-refractivity contribution in [2.75, 3.05) is 5.32 Å². The van der Waals surface area contributed by atoms with Crippen LogP contribution in [0.25, 0.3) is 11.0 Å². The molecular weight excluding hydrogens is 312 g/mol. The van der Waals surface area contributed by atoms with E-state index in [0.717, 1.165) is 33.9 Å². The Hall–Kier alpha value is -3.34. The van der Waals surface area contributed by atoms with Crippen LogP contribution in [0.5, 0.6) is 11.5 Å². The lowest BCUT2D eigenvalue weighted by atomic mass is 10.1. The fourth-order valence-electron chi connectivity index (χ4n) is 2.72. The number of aromatic nitrogens is 3. The van der Waals surface area contributed by atoms with E-state index in [2.05, 4.69) is 39.3 Å². The second-order valence-corrected chi connectivity index (χ2v) is 5.81. The van der Waals surface area contributed by atoms with E-state index in [1.165, 1.54) is 0 Å². The highest BCUT2D eigenvalue weighted by Crippen LogP contribution is 2.26. The van der Waals surface area contributed by atoms with Crippen LogP contribution in [0.15, 0.2) is 73.2 Å². The van der Waals surface area contributed by atoms with Crippen molar-refractivity contribution < 1.29 is 4.74 Å². The van der Waals surface area contributed by atoms with Crippen molar-refractivity contribution in [1.29, 1.82) is 0 Å². The molecule has 0 saturated heterocycles. The molecule has 5 nitrogen and oxygen atoms in total. The molecule has 0 aliphatic carbocycles. The van der Waals surface area contributed by atoms with E-state index in [1.807, 2.05) is 54.7 Å². The van der Waals surface area contributed by atoms with E-state index >= 15 is 0 Å². The van der Waals surface area contributed by atoms with Crippen LogP contribution in [0, 0.1) is 0 Å². The first-order valence-electron chi connectivity index (χ1n) is 8.17. The number of ether oxygens (including phenoxy) is 1. The van der Waals surface area contributed by atoms with Crippen molar-refractivity contribution in [2.45, 2.75) is 13.0 Å². The van der Waals surface area contributed by atoms with Gasteiger partial charge >= 0.3 is 0 Å². The van der Waals surface area contributed by atoms with Crippen molar-refractivity contribution >= 4 is 16.9 Å². The molecule has 25 heavy (non-hydrogen) atoms. The van der Waals surface area contributed by atoms with Crippen LogP contribution < -0.4 is 10.1 Å². The largest absolute Gasteiger partial charge is 0.457 e. The maximum absolute atomic E-state index is 5.83. The van der Waals surface area contributed by atoms with Crippen molar-refractivity contribution in [2.24, 2.45) is 0 Å². The summed E-state index contributed by atoms with van der Waals surface area (Å²) in [7, 11) is 0. The van der Waals surface area contributed by atoms with E-state index in [1.54, 1.807) is 6.33 Å². The number of hydrogen-bond acceptors (Lipinski definition) is 4. The molecule has 2 aromatic carbocycles. The first-order chi connectivity index (χ1) is 12.3. The second-order valence-electron chi connectivity index (χ2n) is 5.81. The lowest BCUT2D eigenvalue weighted by Crippen LogP contribution is -2.08. The first-order valence-corrected chi connectivity index (χ1v) is 8.17. The van der Waals surface area contributed by atoms with Crippen molar-refractivity contribution in [3.63, 3.8) is 0 Å². The zero-order valence-electron chi connectivity index (χ0n) is 13.8. The molecule has 4 rings (SSSR count). The van der Waals surface area contributed by atoms with Crippen LogP contribution in [0.3, 0.4) is 0 Å². The molecule has 0 amide bonds. The Morgan fingerprint density at radius 2 is 1.68 bits per heavy atom. The molecule has 0 spiro atoms. The number of nitrogens with one attached hydrogen (secondary N) is 2. The maximum Gasteiger partial charge on any atom is 0.142 e. The van der Waals surface area contributed by atoms with E-state index in [0.29, 0.717) is 0 Å². The predicted molar refractivity (Wildman–Crippen MR) is 98.9 cm³/mol. The summed E-state index contributed by atoms with van der Waals surface area (Å²) in [6.07, 6.45) is 3.43. The Bertz CT molecular complexity index is 964. The number of benzene rings is 2. The van der Waals surface area contributed by atoms with Gasteiger partial charge in [-0.05, 0) is 42.8 Å². The van der Waals surface area contributed by atoms with E-state index in [-0.39, 0.29) is 6.04 Å². The van der Waals surface area contributed by atoms with Crippen LogP contribution in [0.1, 0.15) is 18.5 Å². The molecule has 2 heterocycles. The lowest BCUT2D eigenvalue weighted by Gasteiger charge is -2.16. The molecule has 0 fully saturated rings. The smallest absolute Gasteiger partial charge is 0.142 e. The van der Waals surface area contributed by atoms with Crippen molar-refractivity contribution in [3.8, 4) is 11.5 Å². The fraction of sp³-hybridized carbons (Fsp3) is 0.100. The Morgan fingerprint density at radius 1 is 0.920 bits per heavy atom. The molecular formula is C20H18N4O. The minimum atomic E-state index is 0.110. The third-order valence-corrected chi connectivity index (χ3v) is 4.07. The molecule has 4 aromatic rings. The van der Waals surface area contributed by atoms with Crippen molar-refractivity contribution in [1.82, 2.24) is 15.0 Å². The molecule has 2 aromatic heterocycles. The van der Waals surface area contributed by atoms with Gasteiger partial charge in [-0.3, -0.25) is 0 Å².